The third-order valence-electron chi connectivity index (χ3n) is 4.14. The van der Waals surface area contributed by atoms with Crippen LogP contribution in [0, 0.1) is 0 Å². The molecular weight excluding hydrogens is 540 g/mol. The first kappa shape index (κ1) is 34.5. The Hall–Kier alpha value is -3.50. The number of phenolic OH excluding ortho intramolecular Hbond substituents is 2. The lowest BCUT2D eigenvalue weighted by Crippen LogP contribution is -2.28. The molecule has 2 atom stereocenters. The summed E-state index contributed by atoms with van der Waals surface area (Å²) in [7, 11) is -5.54. The second kappa shape index (κ2) is 16.4. The predicted octanol–water partition coefficient (Wildman–Crippen LogP) is 1.99. The molecule has 0 aliphatic carbocycles. The van der Waals surface area contributed by atoms with Gasteiger partial charge < -0.3 is 35.1 Å². The van der Waals surface area contributed by atoms with Crippen molar-refractivity contribution in [1.82, 2.24) is 10.6 Å². The van der Waals surface area contributed by atoms with Gasteiger partial charge in [-0.25, -0.2) is 8.42 Å². The highest BCUT2D eigenvalue weighted by atomic mass is 32.2. The molecule has 0 saturated heterocycles. The molecule has 0 spiro atoms. The summed E-state index contributed by atoms with van der Waals surface area (Å²) < 4.78 is 40.6. The van der Waals surface area contributed by atoms with Gasteiger partial charge in [-0.15, -0.1) is 0 Å². The van der Waals surface area contributed by atoms with Crippen LogP contribution in [0.25, 0.3) is 0 Å². The fourth-order valence-electron chi connectivity index (χ4n) is 2.49. The van der Waals surface area contributed by atoms with E-state index in [2.05, 4.69) is 32.6 Å². The summed E-state index contributed by atoms with van der Waals surface area (Å²) in [6.45, 7) is 3.73. The number of benzene rings is 2. The first-order chi connectivity index (χ1) is 17.7. The number of carbonyl (C=O) groups excluding carboxylic acids is 2. The lowest BCUT2D eigenvalue weighted by atomic mass is 10.1. The highest BCUT2D eigenvalue weighted by Crippen LogP contribution is 2.27. The van der Waals surface area contributed by atoms with Crippen LogP contribution >= 0.6 is 0 Å². The number of nitrogens with one attached hydrogen (secondary N) is 2. The maximum absolute atomic E-state index is 12.2. The molecule has 0 radical (unpaired) electrons. The zero-order chi connectivity index (χ0) is 29.5. The Morgan fingerprint density at radius 1 is 0.763 bits per heavy atom. The second-order valence-corrected chi connectivity index (χ2v) is 11.0. The molecule has 0 heterocycles. The van der Waals surface area contributed by atoms with Crippen LogP contribution in [0.5, 0.6) is 11.5 Å². The van der Waals surface area contributed by atoms with Gasteiger partial charge >= 0.3 is 0 Å². The van der Waals surface area contributed by atoms with Crippen molar-refractivity contribution in [2.75, 3.05) is 31.7 Å². The van der Waals surface area contributed by atoms with Gasteiger partial charge in [0.1, 0.15) is 11.5 Å². The normalized spacial score (nSPS) is 13.5. The number of rotatable bonds is 10. The standard InChI is InChI=1S/C20H24N4O8S2.C2H6.CH4O/c1-33(29,30)9-7-21-19(27)15-11-13(3-5-17(15)25)23-24-14-4-6-18(26)16(12-14)20(28)22-8-10-34(2,31)32;2*1-2/h3-6,11-12,25-26H,1-2,7-10H2,(H,21,27)(H,22,28)(H,29,30)(H,31,32);1-2H3;2H,1H3. The van der Waals surface area contributed by atoms with Crippen molar-refractivity contribution in [3.63, 3.8) is 0 Å². The number of amides is 2. The maximum atomic E-state index is 12.2. The van der Waals surface area contributed by atoms with Gasteiger partial charge in [-0.1, -0.05) is 13.8 Å². The van der Waals surface area contributed by atoms with Crippen molar-refractivity contribution in [1.29, 1.82) is 0 Å². The van der Waals surface area contributed by atoms with Crippen molar-refractivity contribution in [2.45, 2.75) is 13.8 Å². The van der Waals surface area contributed by atoms with Crippen molar-refractivity contribution < 1.29 is 42.4 Å². The van der Waals surface area contributed by atoms with Crippen LogP contribution in [0.3, 0.4) is 0 Å². The molecule has 7 N–H and O–H groups in total. The van der Waals surface area contributed by atoms with Gasteiger partial charge in [0.05, 0.1) is 53.6 Å². The molecule has 13 nitrogen and oxygen atoms in total. The first-order valence-electron chi connectivity index (χ1n) is 11.0. The molecule has 212 valence electrons. The van der Waals surface area contributed by atoms with Crippen molar-refractivity contribution in [3.8, 4) is 11.5 Å². The van der Waals surface area contributed by atoms with Gasteiger partial charge in [-0.05, 0) is 48.1 Å². The largest absolute Gasteiger partial charge is 0.507 e. The number of nitrogens with zero attached hydrogens (tertiary/aromatic N) is 2. The minimum absolute atomic E-state index is 0.134. The minimum atomic E-state index is -3.27. The number of carbonyl (C=O) groups is 2. The summed E-state index contributed by atoms with van der Waals surface area (Å²) in [5.74, 6) is 3.53. The third-order valence-corrected chi connectivity index (χ3v) is 5.83. The van der Waals surface area contributed by atoms with E-state index in [9.17, 15) is 28.2 Å². The Balaban J connectivity index is 0.00000326. The van der Waals surface area contributed by atoms with Gasteiger partial charge in [0, 0.05) is 20.2 Å². The highest BCUT2D eigenvalue weighted by molar-refractivity contribution is 7.95. The SMILES string of the molecule is C=S(=O)(O)CCNC(=O)c1cc(N=Nc2ccc(O)c(C(=O)NCCS(=C)(=O)O)c2)ccc1O.CC.CO. The Morgan fingerprint density at radius 3 is 1.37 bits per heavy atom. The molecule has 15 heteroatoms. The van der Waals surface area contributed by atoms with Crippen molar-refractivity contribution >= 4 is 54.5 Å². The summed E-state index contributed by atoms with van der Waals surface area (Å²) in [6, 6.07) is 7.69. The average molecular weight is 575 g/mol. The lowest BCUT2D eigenvalue weighted by molar-refractivity contribution is 0.0944. The smallest absolute Gasteiger partial charge is 0.255 e. The topological polar surface area (TPSA) is 218 Å². The number of aromatic hydroxyl groups is 2. The quantitative estimate of drug-likeness (QED) is 0.163. The number of hydrogen-bond acceptors (Lipinski definition) is 9. The number of aliphatic hydroxyl groups excluding tert-OH is 1. The van der Waals surface area contributed by atoms with Gasteiger partial charge in [0.15, 0.2) is 0 Å². The van der Waals surface area contributed by atoms with E-state index in [1.54, 1.807) is 0 Å². The average Bonchev–Trinajstić information content (AvgIpc) is 2.85. The van der Waals surface area contributed by atoms with Crippen LogP contribution in [-0.2, 0) is 19.6 Å². The van der Waals surface area contributed by atoms with Gasteiger partial charge in [-0.3, -0.25) is 9.59 Å². The van der Waals surface area contributed by atoms with Crippen LogP contribution in [-0.4, -0.2) is 88.1 Å². The first-order valence-corrected chi connectivity index (χ1v) is 14.7. The fourth-order valence-corrected chi connectivity index (χ4v) is 3.33. The Bertz CT molecular complexity index is 1220. The monoisotopic (exact) mass is 574 g/mol. The molecule has 0 aliphatic rings. The molecule has 0 bridgehead atoms. The molecule has 2 aromatic rings. The van der Waals surface area contributed by atoms with E-state index in [-0.39, 0.29) is 58.6 Å². The van der Waals surface area contributed by atoms with Crippen LogP contribution in [0.1, 0.15) is 34.6 Å². The summed E-state index contributed by atoms with van der Waals surface area (Å²) in [4.78, 5) is 24.5. The second-order valence-electron chi connectivity index (χ2n) is 7.07. The molecule has 0 aliphatic heterocycles. The van der Waals surface area contributed by atoms with E-state index >= 15 is 0 Å². The van der Waals surface area contributed by atoms with Gasteiger partial charge in [0.25, 0.3) is 11.8 Å². The summed E-state index contributed by atoms with van der Waals surface area (Å²) >= 11 is 0. The Labute approximate surface area is 222 Å². The highest BCUT2D eigenvalue weighted by Gasteiger charge is 2.14. The Kier molecular flexibility index (Phi) is 14.9. The molecule has 2 unspecified atom stereocenters. The molecule has 0 saturated carbocycles. The number of aliphatic hydroxyl groups is 1. The Morgan fingerprint density at radius 2 is 1.08 bits per heavy atom. The summed E-state index contributed by atoms with van der Waals surface area (Å²) in [6.07, 6.45) is 0. The zero-order valence-corrected chi connectivity index (χ0v) is 22.9. The van der Waals surface area contributed by atoms with Crippen LogP contribution in [0.15, 0.2) is 46.6 Å². The van der Waals surface area contributed by atoms with Crippen molar-refractivity contribution in [3.05, 3.63) is 47.5 Å². The maximum Gasteiger partial charge on any atom is 0.255 e. The number of hydrogen-bond donors (Lipinski definition) is 7. The fraction of sp³-hybridized carbons (Fsp3) is 0.304. The van der Waals surface area contributed by atoms with Gasteiger partial charge in [-0.2, -0.15) is 10.2 Å². The zero-order valence-electron chi connectivity index (χ0n) is 21.3. The lowest BCUT2D eigenvalue weighted by Gasteiger charge is -2.08. The number of azo groups is 1. The van der Waals surface area contributed by atoms with E-state index in [4.69, 9.17) is 14.2 Å². The van der Waals surface area contributed by atoms with Crippen LogP contribution in [0.2, 0.25) is 0 Å². The molecule has 2 amide bonds. The molecule has 2 aromatic carbocycles. The van der Waals surface area contributed by atoms with Crippen LogP contribution in [0.4, 0.5) is 11.4 Å². The number of phenols is 2. The summed E-state index contributed by atoms with van der Waals surface area (Å²) in [5.41, 5.74) is 0.0831. The van der Waals surface area contributed by atoms with Gasteiger partial charge in [0.2, 0.25) is 0 Å². The van der Waals surface area contributed by atoms with E-state index in [0.717, 1.165) is 7.11 Å². The molecule has 2 rings (SSSR count). The predicted molar refractivity (Wildman–Crippen MR) is 150 cm³/mol. The molecular formula is C23H34N4O9S2. The van der Waals surface area contributed by atoms with Crippen molar-refractivity contribution in [2.24, 2.45) is 10.2 Å². The molecule has 0 aromatic heterocycles. The molecule has 0 fully saturated rings. The van der Waals surface area contributed by atoms with E-state index in [1.165, 1.54) is 36.4 Å². The summed E-state index contributed by atoms with van der Waals surface area (Å²) in [5, 5.41) is 39.6. The van der Waals surface area contributed by atoms with E-state index < -0.39 is 31.4 Å². The molecule has 38 heavy (non-hydrogen) atoms. The van der Waals surface area contributed by atoms with E-state index in [0.29, 0.717) is 0 Å². The minimum Gasteiger partial charge on any atom is -0.507 e. The van der Waals surface area contributed by atoms with E-state index in [1.807, 2.05) is 13.8 Å². The van der Waals surface area contributed by atoms with Crippen LogP contribution < -0.4 is 10.6 Å². The third kappa shape index (κ3) is 13.2.